The molecule has 2 aromatic rings. The van der Waals surface area contributed by atoms with Gasteiger partial charge in [0.25, 0.3) is 10.0 Å². The van der Waals surface area contributed by atoms with Crippen LogP contribution < -0.4 is 10.5 Å². The first kappa shape index (κ1) is 12.3. The van der Waals surface area contributed by atoms with E-state index in [2.05, 4.69) is 10.2 Å². The van der Waals surface area contributed by atoms with Gasteiger partial charge in [0, 0.05) is 12.3 Å². The Bertz CT molecular complexity index is 670. The normalized spacial score (nSPS) is 11.4. The molecule has 0 spiro atoms. The molecule has 0 aliphatic carbocycles. The Morgan fingerprint density at radius 1 is 1.28 bits per heavy atom. The fourth-order valence-electron chi connectivity index (χ4n) is 1.23. The number of halogens is 2. The summed E-state index contributed by atoms with van der Waals surface area (Å²) in [5.74, 6) is -2.02. The van der Waals surface area contributed by atoms with Crippen molar-refractivity contribution in [2.45, 2.75) is 4.90 Å². The van der Waals surface area contributed by atoms with Crippen molar-refractivity contribution in [3.05, 3.63) is 36.2 Å². The second-order valence-corrected chi connectivity index (χ2v) is 5.08. The van der Waals surface area contributed by atoms with E-state index < -0.39 is 27.3 Å². The van der Waals surface area contributed by atoms with Gasteiger partial charge >= 0.3 is 0 Å². The van der Waals surface area contributed by atoms with Gasteiger partial charge in [-0.3, -0.25) is 9.82 Å². The highest BCUT2D eigenvalue weighted by Crippen LogP contribution is 2.23. The fraction of sp³-hybridized carbons (Fsp3) is 0. The van der Waals surface area contributed by atoms with Crippen LogP contribution in [-0.2, 0) is 10.0 Å². The summed E-state index contributed by atoms with van der Waals surface area (Å²) in [7, 11) is -3.98. The van der Waals surface area contributed by atoms with Crippen LogP contribution in [0.4, 0.5) is 20.2 Å². The summed E-state index contributed by atoms with van der Waals surface area (Å²) < 4.78 is 51.7. The number of benzene rings is 1. The van der Waals surface area contributed by atoms with E-state index in [1.54, 1.807) is 0 Å². The average molecular weight is 274 g/mol. The van der Waals surface area contributed by atoms with Crippen LogP contribution in [0.1, 0.15) is 0 Å². The van der Waals surface area contributed by atoms with E-state index in [1.165, 1.54) is 0 Å². The van der Waals surface area contributed by atoms with Crippen LogP contribution in [0.2, 0.25) is 0 Å². The average Bonchev–Trinajstić information content (AvgIpc) is 2.79. The molecule has 1 heterocycles. The van der Waals surface area contributed by atoms with Crippen LogP contribution in [-0.4, -0.2) is 18.6 Å². The van der Waals surface area contributed by atoms with E-state index in [0.717, 1.165) is 18.5 Å². The highest BCUT2D eigenvalue weighted by molar-refractivity contribution is 7.92. The second-order valence-electron chi connectivity index (χ2n) is 3.39. The summed E-state index contributed by atoms with van der Waals surface area (Å²) in [6.45, 7) is 0. The van der Waals surface area contributed by atoms with Crippen molar-refractivity contribution in [2.24, 2.45) is 0 Å². The van der Waals surface area contributed by atoms with Crippen molar-refractivity contribution in [1.82, 2.24) is 10.2 Å². The van der Waals surface area contributed by atoms with E-state index in [1.807, 2.05) is 4.72 Å². The van der Waals surface area contributed by atoms with Crippen LogP contribution in [0.25, 0.3) is 0 Å². The quantitative estimate of drug-likeness (QED) is 0.729. The highest BCUT2D eigenvalue weighted by Gasteiger charge is 2.18. The predicted octanol–water partition coefficient (Wildman–Crippen LogP) is 1.07. The number of nitrogens with zero attached hydrogens (tertiary/aromatic N) is 1. The van der Waals surface area contributed by atoms with Crippen LogP contribution >= 0.6 is 0 Å². The van der Waals surface area contributed by atoms with Gasteiger partial charge in [0.05, 0.1) is 17.6 Å². The fourth-order valence-corrected chi connectivity index (χ4v) is 2.20. The monoisotopic (exact) mass is 274 g/mol. The first-order valence-corrected chi connectivity index (χ1v) is 6.14. The predicted molar refractivity (Wildman–Crippen MR) is 60.2 cm³/mol. The Morgan fingerprint density at radius 2 is 2.00 bits per heavy atom. The number of nitrogens with two attached hydrogens (primary N) is 1. The van der Waals surface area contributed by atoms with Gasteiger partial charge in [0.1, 0.15) is 16.5 Å². The van der Waals surface area contributed by atoms with Gasteiger partial charge in [-0.15, -0.1) is 0 Å². The number of aromatic amines is 1. The first-order valence-electron chi connectivity index (χ1n) is 4.66. The molecular weight excluding hydrogens is 266 g/mol. The third-order valence-corrected chi connectivity index (χ3v) is 3.45. The highest BCUT2D eigenvalue weighted by atomic mass is 32.2. The molecule has 0 unspecified atom stereocenters. The van der Waals surface area contributed by atoms with Crippen molar-refractivity contribution in [3.8, 4) is 0 Å². The minimum absolute atomic E-state index is 0.176. The van der Waals surface area contributed by atoms with Crippen LogP contribution in [0.3, 0.4) is 0 Å². The lowest BCUT2D eigenvalue weighted by Crippen LogP contribution is -2.13. The van der Waals surface area contributed by atoms with Crippen molar-refractivity contribution in [2.75, 3.05) is 10.5 Å². The van der Waals surface area contributed by atoms with Gasteiger partial charge in [0.15, 0.2) is 0 Å². The molecule has 0 amide bonds. The lowest BCUT2D eigenvalue weighted by molar-refractivity contribution is 0.585. The van der Waals surface area contributed by atoms with Gasteiger partial charge in [0.2, 0.25) is 0 Å². The molecule has 0 bridgehead atoms. The molecule has 0 atom stereocenters. The Hall–Kier alpha value is -2.16. The van der Waals surface area contributed by atoms with Crippen molar-refractivity contribution >= 4 is 21.4 Å². The molecule has 0 aliphatic heterocycles. The van der Waals surface area contributed by atoms with Gasteiger partial charge in [-0.25, -0.2) is 17.2 Å². The number of sulfonamides is 1. The molecule has 4 N–H and O–H groups in total. The van der Waals surface area contributed by atoms with Gasteiger partial charge < -0.3 is 5.73 Å². The smallest absolute Gasteiger partial charge is 0.265 e. The number of hydrogen-bond donors (Lipinski definition) is 3. The third kappa shape index (κ3) is 2.25. The Morgan fingerprint density at radius 3 is 2.61 bits per heavy atom. The van der Waals surface area contributed by atoms with Crippen LogP contribution in [0.15, 0.2) is 29.4 Å². The van der Waals surface area contributed by atoms with Crippen molar-refractivity contribution < 1.29 is 17.2 Å². The Balaban J connectivity index is 2.39. The second kappa shape index (κ2) is 4.26. The molecular formula is C9H8F2N4O2S. The first-order chi connectivity index (χ1) is 8.40. The number of H-pyrrole nitrogens is 1. The molecule has 96 valence electrons. The van der Waals surface area contributed by atoms with Crippen LogP contribution in [0.5, 0.6) is 0 Å². The summed E-state index contributed by atoms with van der Waals surface area (Å²) >= 11 is 0. The van der Waals surface area contributed by atoms with Gasteiger partial charge in [-0.1, -0.05) is 0 Å². The lowest BCUT2D eigenvalue weighted by atomic mass is 10.2. The molecule has 1 aromatic heterocycles. The number of nitrogen functional groups attached to an aromatic ring is 1. The minimum atomic E-state index is -3.98. The van der Waals surface area contributed by atoms with E-state index in [-0.39, 0.29) is 10.6 Å². The maximum atomic E-state index is 13.4. The van der Waals surface area contributed by atoms with E-state index in [9.17, 15) is 17.2 Å². The largest absolute Gasteiger partial charge is 0.396 e. The summed E-state index contributed by atoms with van der Waals surface area (Å²) in [6.07, 6.45) is 2.17. The molecule has 9 heteroatoms. The van der Waals surface area contributed by atoms with E-state index in [0.29, 0.717) is 6.07 Å². The number of rotatable bonds is 3. The van der Waals surface area contributed by atoms with Crippen LogP contribution in [0, 0.1) is 11.6 Å². The number of anilines is 2. The van der Waals surface area contributed by atoms with Gasteiger partial charge in [-0.05, 0) is 6.07 Å². The zero-order valence-electron chi connectivity index (χ0n) is 8.81. The number of aromatic nitrogens is 2. The molecule has 2 rings (SSSR count). The summed E-state index contributed by atoms with van der Waals surface area (Å²) in [5, 5.41) is 5.77. The Labute approximate surface area is 101 Å². The van der Waals surface area contributed by atoms with E-state index >= 15 is 0 Å². The number of nitrogens with one attached hydrogen (secondary N) is 2. The minimum Gasteiger partial charge on any atom is -0.396 e. The van der Waals surface area contributed by atoms with Gasteiger partial charge in [-0.2, -0.15) is 5.10 Å². The SMILES string of the molecule is Nc1cc(NS(=O)(=O)c2cn[nH]c2)c(F)cc1F. The maximum absolute atomic E-state index is 13.4. The van der Waals surface area contributed by atoms with E-state index in [4.69, 9.17) is 5.73 Å². The van der Waals surface area contributed by atoms with Crippen molar-refractivity contribution in [3.63, 3.8) is 0 Å². The standard InChI is InChI=1S/C9H8F2N4O2S/c10-6-1-7(11)9(2-8(6)12)15-18(16,17)5-3-13-14-4-5/h1-4,15H,12H2,(H,13,14). The molecule has 1 aromatic carbocycles. The molecule has 0 aliphatic rings. The molecule has 0 saturated carbocycles. The Kier molecular flexibility index (Phi) is 2.91. The lowest BCUT2D eigenvalue weighted by Gasteiger charge is -2.08. The zero-order valence-corrected chi connectivity index (χ0v) is 9.63. The summed E-state index contributed by atoms with van der Waals surface area (Å²) in [5.41, 5.74) is 4.44. The third-order valence-electron chi connectivity index (χ3n) is 2.11. The molecule has 0 saturated heterocycles. The summed E-state index contributed by atoms with van der Waals surface area (Å²) in [6, 6.07) is 1.37. The molecule has 6 nitrogen and oxygen atoms in total. The molecule has 18 heavy (non-hydrogen) atoms. The maximum Gasteiger partial charge on any atom is 0.265 e. The summed E-state index contributed by atoms with van der Waals surface area (Å²) in [4.78, 5) is -0.176. The molecule has 0 radical (unpaired) electrons. The number of hydrogen-bond acceptors (Lipinski definition) is 4. The van der Waals surface area contributed by atoms with Crippen molar-refractivity contribution in [1.29, 1.82) is 0 Å². The topological polar surface area (TPSA) is 101 Å². The molecule has 0 fully saturated rings. The zero-order chi connectivity index (χ0) is 13.3.